The molecule has 0 heterocycles. The molecule has 0 radical (unpaired) electrons. The molecule has 0 saturated heterocycles. The number of carbonyl (C=O) groups excluding carboxylic acids is 1. The zero-order valence-corrected chi connectivity index (χ0v) is 19.1. The van der Waals surface area contributed by atoms with Crippen molar-refractivity contribution in [2.45, 2.75) is 6.92 Å². The van der Waals surface area contributed by atoms with Crippen molar-refractivity contribution in [1.82, 2.24) is 0 Å². The van der Waals surface area contributed by atoms with E-state index >= 15 is 0 Å². The summed E-state index contributed by atoms with van der Waals surface area (Å²) in [4.78, 5) is 22.5. The van der Waals surface area contributed by atoms with Crippen LogP contribution in [0.3, 0.4) is 0 Å². The van der Waals surface area contributed by atoms with Crippen LogP contribution in [0.25, 0.3) is 0 Å². The quantitative estimate of drug-likeness (QED) is 0.434. The van der Waals surface area contributed by atoms with Gasteiger partial charge in [0, 0.05) is 21.1 Å². The van der Waals surface area contributed by atoms with Crippen molar-refractivity contribution in [2.24, 2.45) is 23.7 Å². The topological polar surface area (TPSA) is 54.4 Å². The van der Waals surface area contributed by atoms with Crippen molar-refractivity contribution in [1.29, 1.82) is 0 Å². The van der Waals surface area contributed by atoms with E-state index in [1.807, 2.05) is 31.4 Å². The summed E-state index contributed by atoms with van der Waals surface area (Å²) in [5, 5.41) is 9.10. The van der Waals surface area contributed by atoms with Crippen LogP contribution in [0.4, 0.5) is 0 Å². The molecule has 0 aromatic carbocycles. The molecular formula is C13H14O3W3. The number of hydrogen-bond acceptors (Lipinski definition) is 2. The molecule has 2 rings (SSSR count). The summed E-state index contributed by atoms with van der Waals surface area (Å²) in [5.74, 6) is -1.90. The molecule has 4 unspecified atom stereocenters. The summed E-state index contributed by atoms with van der Waals surface area (Å²) in [6, 6.07) is 0. The van der Waals surface area contributed by atoms with Gasteiger partial charge in [-0.05, 0) is 6.92 Å². The van der Waals surface area contributed by atoms with E-state index in [0.717, 1.165) is 0 Å². The van der Waals surface area contributed by atoms with Crippen LogP contribution in [0, 0.1) is 49.4 Å². The van der Waals surface area contributed by atoms with Crippen molar-refractivity contribution in [3.63, 3.8) is 0 Å². The first-order valence-corrected chi connectivity index (χ1v) is 5.38. The van der Waals surface area contributed by atoms with Crippen molar-refractivity contribution in [2.75, 3.05) is 0 Å². The van der Waals surface area contributed by atoms with E-state index < -0.39 is 17.8 Å². The van der Waals surface area contributed by atoms with E-state index in [4.69, 9.17) is 5.11 Å². The Morgan fingerprint density at radius 3 is 1.79 bits per heavy atom. The van der Waals surface area contributed by atoms with Crippen molar-refractivity contribution in [3.8, 4) is 0 Å². The molecule has 0 amide bonds. The SMILES string of the molecule is CC(=O)C1[CH-]C2[CH-]C=C[CH-]C2[CH-]C1C(=O)O.[W+2].[W+2].[W]. The van der Waals surface area contributed by atoms with Crippen molar-refractivity contribution in [3.05, 3.63) is 37.8 Å². The van der Waals surface area contributed by atoms with Crippen LogP contribution in [0.2, 0.25) is 0 Å². The Bertz CT molecular complexity index is 312. The van der Waals surface area contributed by atoms with Crippen LogP contribution in [-0.2, 0) is 72.8 Å². The third-order valence-electron chi connectivity index (χ3n) is 3.22. The van der Waals surface area contributed by atoms with E-state index in [9.17, 15) is 9.59 Å². The Hall–Kier alpha value is 0.685. The van der Waals surface area contributed by atoms with Crippen LogP contribution in [0.1, 0.15) is 6.92 Å². The second kappa shape index (κ2) is 9.59. The summed E-state index contributed by atoms with van der Waals surface area (Å²) in [6.45, 7) is 1.45. The number of hydrogen-bond donors (Lipinski definition) is 1. The number of carbonyl (C=O) groups is 2. The zero-order valence-electron chi connectivity index (χ0n) is 10.3. The summed E-state index contributed by atoms with van der Waals surface area (Å²) in [6.07, 6.45) is 11.5. The Kier molecular flexibility index (Phi) is 11.1. The van der Waals surface area contributed by atoms with Crippen LogP contribution in [-0.4, -0.2) is 16.9 Å². The van der Waals surface area contributed by atoms with Gasteiger partial charge in [-0.15, -0.1) is 5.92 Å². The minimum absolute atomic E-state index is 0. The third-order valence-corrected chi connectivity index (χ3v) is 3.22. The zero-order chi connectivity index (χ0) is 11.7. The molecule has 102 valence electrons. The average molecular weight is 770 g/mol. The number of rotatable bonds is 2. The molecule has 2 aliphatic rings. The summed E-state index contributed by atoms with van der Waals surface area (Å²) in [5.41, 5.74) is 0. The second-order valence-electron chi connectivity index (χ2n) is 4.31. The Balaban J connectivity index is 0. The fourth-order valence-electron chi connectivity index (χ4n) is 2.37. The molecule has 2 aliphatic carbocycles. The largest absolute Gasteiger partial charge is 2.00 e. The van der Waals surface area contributed by atoms with Gasteiger partial charge < -0.3 is 47.7 Å². The molecule has 3 nitrogen and oxygen atoms in total. The number of aliphatic carboxylic acids is 1. The number of fused-ring (bicyclic) bond motifs is 1. The normalized spacial score (nSPS) is 31.0. The summed E-state index contributed by atoms with van der Waals surface area (Å²) < 4.78 is 0. The molecule has 0 aromatic heterocycles. The fraction of sp³-hybridized carbons (Fsp3) is 0.385. The van der Waals surface area contributed by atoms with E-state index in [-0.39, 0.29) is 80.8 Å². The molecule has 0 bridgehead atoms. The van der Waals surface area contributed by atoms with Crippen molar-refractivity contribution < 1.29 is 77.9 Å². The van der Waals surface area contributed by atoms with Gasteiger partial charge in [0.25, 0.3) is 5.97 Å². The molecule has 1 fully saturated rings. The Morgan fingerprint density at radius 2 is 1.42 bits per heavy atom. The van der Waals surface area contributed by atoms with Gasteiger partial charge in [-0.25, -0.2) is 0 Å². The van der Waals surface area contributed by atoms with Gasteiger partial charge in [-0.1, -0.05) is 5.92 Å². The van der Waals surface area contributed by atoms with Gasteiger partial charge >= 0.3 is 42.1 Å². The summed E-state index contributed by atoms with van der Waals surface area (Å²) in [7, 11) is 0. The second-order valence-corrected chi connectivity index (χ2v) is 4.31. The van der Waals surface area contributed by atoms with Gasteiger partial charge in [-0.3, -0.25) is 16.6 Å². The number of ketones is 1. The molecule has 6 heteroatoms. The first-order chi connectivity index (χ1) is 7.59. The Morgan fingerprint density at radius 1 is 1.00 bits per heavy atom. The van der Waals surface area contributed by atoms with Crippen molar-refractivity contribution >= 4 is 11.8 Å². The number of Topliss-reactive ketones (excluding diaryl/α,β-unsaturated/α-hetero) is 1. The molecule has 19 heavy (non-hydrogen) atoms. The van der Waals surface area contributed by atoms with Crippen LogP contribution in [0.5, 0.6) is 0 Å². The Labute approximate surface area is 157 Å². The van der Waals surface area contributed by atoms with E-state index in [0.29, 0.717) is 0 Å². The average Bonchev–Trinajstić information content (AvgIpc) is 2.27. The van der Waals surface area contributed by atoms with E-state index in [1.165, 1.54) is 6.92 Å². The van der Waals surface area contributed by atoms with Crippen LogP contribution in [0.15, 0.2) is 12.2 Å². The number of carboxylic acid groups (broad SMARTS) is 1. The van der Waals surface area contributed by atoms with Gasteiger partial charge in [-0.2, -0.15) is 0 Å². The van der Waals surface area contributed by atoms with E-state index in [1.54, 1.807) is 6.42 Å². The summed E-state index contributed by atoms with van der Waals surface area (Å²) >= 11 is 0. The standard InChI is InChI=1S/C13H14O3.3W/c1-8(14)11-6-9-4-2-3-5-10(9)7-12(11)13(15)16;;;/h2-7,9-12H,1H3,(H,15,16);;;/q-4;;2*+2. The monoisotopic (exact) mass is 770 g/mol. The maximum absolute atomic E-state index is 11.4. The van der Waals surface area contributed by atoms with Crippen LogP contribution < -0.4 is 0 Å². The van der Waals surface area contributed by atoms with Gasteiger partial charge in [0.2, 0.25) is 0 Å². The number of allylic oxidation sites excluding steroid dienone is 2. The third kappa shape index (κ3) is 5.18. The molecular weight excluding hydrogens is 756 g/mol. The van der Waals surface area contributed by atoms with Crippen LogP contribution >= 0.6 is 0 Å². The molecule has 4 atom stereocenters. The molecule has 1 saturated carbocycles. The maximum atomic E-state index is 11.4. The van der Waals surface area contributed by atoms with E-state index in [2.05, 4.69) is 0 Å². The fourth-order valence-corrected chi connectivity index (χ4v) is 2.37. The molecule has 0 spiro atoms. The maximum Gasteiger partial charge on any atom is 2.00 e. The predicted molar refractivity (Wildman–Crippen MR) is 58.6 cm³/mol. The first kappa shape index (κ1) is 22.0. The molecule has 0 aliphatic heterocycles. The van der Waals surface area contributed by atoms with Gasteiger partial charge in [0.1, 0.15) is 5.78 Å². The number of carboxylic acids is 1. The predicted octanol–water partition coefficient (Wildman–Crippen LogP) is 1.52. The molecule has 0 aromatic rings. The van der Waals surface area contributed by atoms with Gasteiger partial charge in [0.05, 0.1) is 0 Å². The smallest absolute Gasteiger partial charge is 0.483 e. The van der Waals surface area contributed by atoms with Gasteiger partial charge in [0.15, 0.2) is 0 Å². The minimum Gasteiger partial charge on any atom is -0.483 e. The minimum atomic E-state index is -0.919. The molecule has 1 N–H and O–H groups in total. The first-order valence-electron chi connectivity index (χ1n) is 5.38.